The molecule has 0 aromatic carbocycles. The number of nitrogens with two attached hydrogens (primary N) is 1. The molecule has 1 aliphatic rings. The van der Waals surface area contributed by atoms with Crippen LogP contribution in [0.3, 0.4) is 0 Å². The Balaban J connectivity index is 1.84. The minimum Gasteiger partial charge on any atom is -0.325 e. The van der Waals surface area contributed by atoms with Gasteiger partial charge in [-0.05, 0) is 30.7 Å². The Labute approximate surface area is 88.1 Å². The molecule has 1 aliphatic carbocycles. The summed E-state index contributed by atoms with van der Waals surface area (Å²) in [5, 5.41) is 2.00. The highest BCUT2D eigenvalue weighted by Crippen LogP contribution is 2.32. The summed E-state index contributed by atoms with van der Waals surface area (Å²) in [7, 11) is 0. The quantitative estimate of drug-likeness (QED) is 0.825. The van der Waals surface area contributed by atoms with Crippen LogP contribution in [-0.2, 0) is 11.2 Å². The molecular weight excluding hydrogens is 194 g/mol. The van der Waals surface area contributed by atoms with Crippen molar-refractivity contribution in [1.29, 1.82) is 0 Å². The Morgan fingerprint density at radius 3 is 2.86 bits per heavy atom. The summed E-state index contributed by atoms with van der Waals surface area (Å²) in [6.45, 7) is 0. The van der Waals surface area contributed by atoms with Gasteiger partial charge in [0.25, 0.3) is 0 Å². The van der Waals surface area contributed by atoms with Crippen molar-refractivity contribution in [1.82, 2.24) is 0 Å². The first-order valence-corrected chi connectivity index (χ1v) is 5.89. The normalized spacial score (nSPS) is 18.9. The highest BCUT2D eigenvalue weighted by molar-refractivity contribution is 7.10. The first kappa shape index (κ1) is 9.87. The second-order valence-corrected chi connectivity index (χ2v) is 5.22. The molecule has 1 aromatic heterocycles. The van der Waals surface area contributed by atoms with E-state index in [9.17, 15) is 4.79 Å². The monoisotopic (exact) mass is 209 g/mol. The summed E-state index contributed by atoms with van der Waals surface area (Å²) in [4.78, 5) is 12.8. The van der Waals surface area contributed by atoms with Gasteiger partial charge in [0.2, 0.25) is 0 Å². The lowest BCUT2D eigenvalue weighted by Crippen LogP contribution is -2.48. The maximum absolute atomic E-state index is 11.6. The fraction of sp³-hybridized carbons (Fsp3) is 0.545. The molecule has 0 aliphatic heterocycles. The molecule has 2 rings (SSSR count). The molecule has 76 valence electrons. The van der Waals surface area contributed by atoms with Crippen LogP contribution >= 0.6 is 11.3 Å². The molecule has 2 N–H and O–H groups in total. The predicted molar refractivity (Wildman–Crippen MR) is 58.4 cm³/mol. The summed E-state index contributed by atoms with van der Waals surface area (Å²) in [6.07, 6.45) is 4.34. The van der Waals surface area contributed by atoms with E-state index in [0.717, 1.165) is 17.7 Å². The molecule has 0 bridgehead atoms. The van der Waals surface area contributed by atoms with Gasteiger partial charge < -0.3 is 5.73 Å². The van der Waals surface area contributed by atoms with Crippen molar-refractivity contribution in [2.75, 3.05) is 0 Å². The summed E-state index contributed by atoms with van der Waals surface area (Å²) >= 11 is 1.64. The molecule has 1 aromatic rings. The minimum atomic E-state index is -0.158. The Morgan fingerprint density at radius 1 is 1.57 bits per heavy atom. The van der Waals surface area contributed by atoms with E-state index in [1.165, 1.54) is 6.42 Å². The number of ketones is 1. The molecule has 0 atom stereocenters. The zero-order valence-corrected chi connectivity index (χ0v) is 8.98. The average Bonchev–Trinajstić information content (AvgIpc) is 2.53. The number of rotatable bonds is 4. The van der Waals surface area contributed by atoms with Gasteiger partial charge in [0.05, 0.1) is 0 Å². The van der Waals surface area contributed by atoms with Crippen molar-refractivity contribution in [3.05, 3.63) is 22.4 Å². The largest absolute Gasteiger partial charge is 0.325 e. The van der Waals surface area contributed by atoms with E-state index in [-0.39, 0.29) is 11.3 Å². The molecule has 3 heteroatoms. The lowest BCUT2D eigenvalue weighted by molar-refractivity contribution is -0.120. The third kappa shape index (κ3) is 2.22. The van der Waals surface area contributed by atoms with Gasteiger partial charge in [0.1, 0.15) is 5.78 Å². The van der Waals surface area contributed by atoms with E-state index in [2.05, 4.69) is 0 Å². The molecule has 2 nitrogen and oxygen atoms in total. The summed E-state index contributed by atoms with van der Waals surface area (Å²) in [5.41, 5.74) is 5.86. The molecule has 0 spiro atoms. The van der Waals surface area contributed by atoms with Gasteiger partial charge in [-0.3, -0.25) is 4.79 Å². The van der Waals surface area contributed by atoms with E-state index >= 15 is 0 Å². The lowest BCUT2D eigenvalue weighted by Gasteiger charge is -2.37. The minimum absolute atomic E-state index is 0.158. The standard InChI is InChI=1S/C11H15NOS/c12-11(4-2-5-11)8-9(13)7-10-3-1-6-14-10/h1,3,6H,2,4-5,7-8,12H2. The molecule has 14 heavy (non-hydrogen) atoms. The Bertz CT molecular complexity index is 314. The number of hydrogen-bond acceptors (Lipinski definition) is 3. The highest BCUT2D eigenvalue weighted by Gasteiger charge is 2.34. The van der Waals surface area contributed by atoms with Crippen LogP contribution in [0.2, 0.25) is 0 Å². The number of carbonyl (C=O) groups excluding carboxylic acids is 1. The second-order valence-electron chi connectivity index (χ2n) is 4.19. The molecule has 1 fully saturated rings. The zero-order chi connectivity index (χ0) is 10.0. The van der Waals surface area contributed by atoms with Gasteiger partial charge in [0.15, 0.2) is 0 Å². The van der Waals surface area contributed by atoms with Gasteiger partial charge in [-0.2, -0.15) is 0 Å². The smallest absolute Gasteiger partial charge is 0.139 e. The van der Waals surface area contributed by atoms with Gasteiger partial charge >= 0.3 is 0 Å². The molecule has 1 saturated carbocycles. The third-order valence-corrected chi connectivity index (χ3v) is 3.73. The van der Waals surface area contributed by atoms with E-state index < -0.39 is 0 Å². The van der Waals surface area contributed by atoms with Crippen molar-refractivity contribution in [3.8, 4) is 0 Å². The van der Waals surface area contributed by atoms with E-state index in [0.29, 0.717) is 12.8 Å². The van der Waals surface area contributed by atoms with Gasteiger partial charge in [-0.1, -0.05) is 6.07 Å². The Kier molecular flexibility index (Phi) is 2.70. The predicted octanol–water partition coefficient (Wildman–Crippen LogP) is 2.13. The molecule has 1 heterocycles. The molecule has 0 radical (unpaired) electrons. The van der Waals surface area contributed by atoms with Crippen LogP contribution < -0.4 is 5.73 Å². The van der Waals surface area contributed by atoms with E-state index in [1.54, 1.807) is 11.3 Å². The van der Waals surface area contributed by atoms with Crippen LogP contribution in [0.1, 0.15) is 30.6 Å². The second kappa shape index (κ2) is 3.83. The van der Waals surface area contributed by atoms with Crippen LogP contribution in [-0.4, -0.2) is 11.3 Å². The van der Waals surface area contributed by atoms with Crippen LogP contribution in [0.5, 0.6) is 0 Å². The molecule has 0 unspecified atom stereocenters. The maximum Gasteiger partial charge on any atom is 0.139 e. The summed E-state index contributed by atoms with van der Waals surface area (Å²) in [6, 6.07) is 3.99. The summed E-state index contributed by atoms with van der Waals surface area (Å²) < 4.78 is 0. The Morgan fingerprint density at radius 2 is 2.36 bits per heavy atom. The molecule has 0 saturated heterocycles. The fourth-order valence-corrected chi connectivity index (χ4v) is 2.60. The van der Waals surface area contributed by atoms with Gasteiger partial charge in [-0.25, -0.2) is 0 Å². The van der Waals surface area contributed by atoms with E-state index in [1.807, 2.05) is 17.5 Å². The first-order chi connectivity index (χ1) is 6.68. The number of Topliss-reactive ketones (excluding diaryl/α,β-unsaturated/α-hetero) is 1. The summed E-state index contributed by atoms with van der Waals surface area (Å²) in [5.74, 6) is 0.287. The van der Waals surface area contributed by atoms with Crippen LogP contribution in [0.15, 0.2) is 17.5 Å². The van der Waals surface area contributed by atoms with Crippen LogP contribution in [0.4, 0.5) is 0 Å². The van der Waals surface area contributed by atoms with Gasteiger partial charge in [-0.15, -0.1) is 11.3 Å². The highest BCUT2D eigenvalue weighted by atomic mass is 32.1. The number of thiophene rings is 1. The number of hydrogen-bond donors (Lipinski definition) is 1. The molecule has 0 amide bonds. The molecular formula is C11H15NOS. The van der Waals surface area contributed by atoms with Crippen molar-refractivity contribution in [3.63, 3.8) is 0 Å². The van der Waals surface area contributed by atoms with Crippen molar-refractivity contribution >= 4 is 17.1 Å². The SMILES string of the molecule is NC1(CC(=O)Cc2cccs2)CCC1. The van der Waals surface area contributed by atoms with Crippen LogP contribution in [0, 0.1) is 0 Å². The van der Waals surface area contributed by atoms with Crippen molar-refractivity contribution in [2.45, 2.75) is 37.6 Å². The Hall–Kier alpha value is -0.670. The number of carbonyl (C=O) groups is 1. The van der Waals surface area contributed by atoms with Crippen LogP contribution in [0.25, 0.3) is 0 Å². The fourth-order valence-electron chi connectivity index (χ4n) is 1.87. The van der Waals surface area contributed by atoms with E-state index in [4.69, 9.17) is 5.73 Å². The van der Waals surface area contributed by atoms with Crippen molar-refractivity contribution in [2.24, 2.45) is 5.73 Å². The maximum atomic E-state index is 11.6. The third-order valence-electron chi connectivity index (χ3n) is 2.85. The first-order valence-electron chi connectivity index (χ1n) is 5.01. The van der Waals surface area contributed by atoms with Crippen molar-refractivity contribution < 1.29 is 4.79 Å². The average molecular weight is 209 g/mol. The zero-order valence-electron chi connectivity index (χ0n) is 8.16. The van der Waals surface area contributed by atoms with Gasteiger partial charge in [0, 0.05) is 23.3 Å². The topological polar surface area (TPSA) is 43.1 Å². The lowest BCUT2D eigenvalue weighted by atomic mass is 9.74.